The minimum Gasteiger partial charge on any atom is -0.490 e. The quantitative estimate of drug-likeness (QED) is 0.762. The molecule has 2 heterocycles. The van der Waals surface area contributed by atoms with Crippen molar-refractivity contribution in [2.24, 2.45) is 5.92 Å². The smallest absolute Gasteiger partial charge is 0.309 e. The summed E-state index contributed by atoms with van der Waals surface area (Å²) in [6.07, 6.45) is 2.37. The molecule has 0 saturated carbocycles. The van der Waals surface area contributed by atoms with Crippen molar-refractivity contribution in [3.63, 3.8) is 0 Å². The highest BCUT2D eigenvalue weighted by Gasteiger charge is 2.29. The number of hydrogen-bond donors (Lipinski definition) is 2. The molecule has 0 spiro atoms. The van der Waals surface area contributed by atoms with E-state index in [4.69, 9.17) is 14.2 Å². The Bertz CT molecular complexity index is 626. The van der Waals surface area contributed by atoms with Gasteiger partial charge >= 0.3 is 5.97 Å². The lowest BCUT2D eigenvalue weighted by molar-refractivity contribution is -0.897. The van der Waals surface area contributed by atoms with Gasteiger partial charge in [0.2, 0.25) is 0 Å². The number of likely N-dealkylation sites (tertiary alicyclic amines) is 1. The third-order valence-electron chi connectivity index (χ3n) is 4.67. The van der Waals surface area contributed by atoms with Crippen LogP contribution in [0.1, 0.15) is 19.3 Å². The number of esters is 1. The van der Waals surface area contributed by atoms with Crippen molar-refractivity contribution in [3.8, 4) is 11.5 Å². The van der Waals surface area contributed by atoms with Crippen LogP contribution in [0.25, 0.3) is 0 Å². The first kappa shape index (κ1) is 17.5. The Morgan fingerprint density at radius 3 is 2.64 bits per heavy atom. The molecule has 0 bridgehead atoms. The van der Waals surface area contributed by atoms with Gasteiger partial charge in [0, 0.05) is 31.0 Å². The number of benzene rings is 1. The molecule has 136 valence electrons. The number of fused-ring (bicyclic) bond motifs is 1. The minimum absolute atomic E-state index is 0.0291. The summed E-state index contributed by atoms with van der Waals surface area (Å²) < 4.78 is 16.0. The second kappa shape index (κ2) is 8.20. The third-order valence-corrected chi connectivity index (χ3v) is 4.67. The Morgan fingerprint density at radius 1 is 1.20 bits per heavy atom. The zero-order chi connectivity index (χ0) is 17.6. The van der Waals surface area contributed by atoms with E-state index in [-0.39, 0.29) is 17.8 Å². The fraction of sp³-hybridized carbons (Fsp3) is 0.556. The average Bonchev–Trinajstić information content (AvgIpc) is 2.86. The molecule has 2 aliphatic rings. The van der Waals surface area contributed by atoms with Gasteiger partial charge in [-0.2, -0.15) is 0 Å². The third kappa shape index (κ3) is 4.63. The van der Waals surface area contributed by atoms with Crippen LogP contribution in [-0.2, 0) is 14.3 Å². The van der Waals surface area contributed by atoms with E-state index in [0.717, 1.165) is 32.4 Å². The molecule has 3 rings (SSSR count). The fourth-order valence-corrected chi connectivity index (χ4v) is 3.28. The maximum atomic E-state index is 12.3. The van der Waals surface area contributed by atoms with Crippen molar-refractivity contribution >= 4 is 17.6 Å². The number of rotatable bonds is 4. The monoisotopic (exact) mass is 349 g/mol. The summed E-state index contributed by atoms with van der Waals surface area (Å²) in [5.74, 6) is 1.17. The SMILES string of the molecule is COC(=O)C1CC[NH+](CC(=O)Nc2ccc3c(c2)OCCCO3)CC1. The summed E-state index contributed by atoms with van der Waals surface area (Å²) in [7, 11) is 1.42. The normalized spacial score (nSPS) is 22.6. The van der Waals surface area contributed by atoms with Gasteiger partial charge in [-0.05, 0) is 12.1 Å². The second-order valence-corrected chi connectivity index (χ2v) is 6.48. The number of anilines is 1. The predicted octanol–water partition coefficient (Wildman–Crippen LogP) is 0.254. The molecule has 1 fully saturated rings. The van der Waals surface area contributed by atoms with Crippen molar-refractivity contribution in [2.45, 2.75) is 19.3 Å². The number of carbonyl (C=O) groups excluding carboxylic acids is 2. The number of quaternary nitrogens is 1. The van der Waals surface area contributed by atoms with Gasteiger partial charge in [0.1, 0.15) is 0 Å². The van der Waals surface area contributed by atoms with Gasteiger partial charge in [-0.1, -0.05) is 0 Å². The molecule has 0 aliphatic carbocycles. The summed E-state index contributed by atoms with van der Waals surface area (Å²) in [6.45, 7) is 3.25. The van der Waals surface area contributed by atoms with Crippen LogP contribution in [0.15, 0.2) is 18.2 Å². The topological polar surface area (TPSA) is 78.3 Å². The van der Waals surface area contributed by atoms with Gasteiger partial charge in [-0.25, -0.2) is 0 Å². The maximum Gasteiger partial charge on any atom is 0.309 e. The van der Waals surface area contributed by atoms with Crippen molar-refractivity contribution in [3.05, 3.63) is 18.2 Å². The number of hydrogen-bond acceptors (Lipinski definition) is 5. The second-order valence-electron chi connectivity index (χ2n) is 6.48. The molecule has 0 atom stereocenters. The summed E-state index contributed by atoms with van der Waals surface area (Å²) in [6, 6.07) is 5.45. The summed E-state index contributed by atoms with van der Waals surface area (Å²) >= 11 is 0. The summed E-state index contributed by atoms with van der Waals surface area (Å²) in [5, 5.41) is 2.92. The van der Waals surface area contributed by atoms with Gasteiger partial charge in [-0.3, -0.25) is 9.59 Å². The first-order valence-electron chi connectivity index (χ1n) is 8.76. The molecule has 1 saturated heterocycles. The van der Waals surface area contributed by atoms with Crippen LogP contribution in [0.3, 0.4) is 0 Å². The lowest BCUT2D eigenvalue weighted by Crippen LogP contribution is -3.14. The van der Waals surface area contributed by atoms with Crippen LogP contribution in [-0.4, -0.2) is 51.8 Å². The van der Waals surface area contributed by atoms with E-state index in [1.54, 1.807) is 6.07 Å². The molecule has 0 aromatic heterocycles. The molecular weight excluding hydrogens is 324 g/mol. The molecule has 2 N–H and O–H groups in total. The van der Waals surface area contributed by atoms with Crippen molar-refractivity contribution < 1.29 is 28.7 Å². The minimum atomic E-state index is -0.143. The molecule has 7 nitrogen and oxygen atoms in total. The first-order chi connectivity index (χ1) is 12.2. The molecule has 2 aliphatic heterocycles. The van der Waals surface area contributed by atoms with E-state index in [1.165, 1.54) is 12.0 Å². The van der Waals surface area contributed by atoms with E-state index < -0.39 is 0 Å². The van der Waals surface area contributed by atoms with Gasteiger partial charge in [0.15, 0.2) is 18.0 Å². The molecule has 1 amide bonds. The highest BCUT2D eigenvalue weighted by molar-refractivity contribution is 5.91. The lowest BCUT2D eigenvalue weighted by Gasteiger charge is -2.27. The van der Waals surface area contributed by atoms with E-state index >= 15 is 0 Å². The van der Waals surface area contributed by atoms with Gasteiger partial charge in [0.05, 0.1) is 39.3 Å². The fourth-order valence-electron chi connectivity index (χ4n) is 3.28. The average molecular weight is 349 g/mol. The number of amides is 1. The number of carbonyl (C=O) groups is 2. The van der Waals surface area contributed by atoms with Crippen LogP contribution in [0.2, 0.25) is 0 Å². The Hall–Kier alpha value is -2.28. The van der Waals surface area contributed by atoms with Crippen LogP contribution in [0.5, 0.6) is 11.5 Å². The molecule has 0 unspecified atom stereocenters. The highest BCUT2D eigenvalue weighted by Crippen LogP contribution is 2.32. The van der Waals surface area contributed by atoms with Crippen LogP contribution in [0.4, 0.5) is 5.69 Å². The Morgan fingerprint density at radius 2 is 1.92 bits per heavy atom. The Kier molecular flexibility index (Phi) is 5.75. The number of piperidine rings is 1. The molecular formula is C18H25N2O5+. The van der Waals surface area contributed by atoms with Crippen molar-refractivity contribution in [1.82, 2.24) is 0 Å². The molecule has 7 heteroatoms. The van der Waals surface area contributed by atoms with Crippen molar-refractivity contribution in [1.29, 1.82) is 0 Å². The zero-order valence-electron chi connectivity index (χ0n) is 14.5. The van der Waals surface area contributed by atoms with Gasteiger partial charge in [-0.15, -0.1) is 0 Å². The molecule has 1 aromatic carbocycles. The van der Waals surface area contributed by atoms with E-state index in [2.05, 4.69) is 5.32 Å². The van der Waals surface area contributed by atoms with Gasteiger partial charge in [0.25, 0.3) is 5.91 Å². The zero-order valence-corrected chi connectivity index (χ0v) is 14.5. The first-order valence-corrected chi connectivity index (χ1v) is 8.76. The standard InChI is InChI=1S/C18H24N2O5/c1-23-18(22)13-5-7-20(8-6-13)12-17(21)19-14-3-4-15-16(11-14)25-10-2-9-24-15/h3-4,11,13H,2,5-10,12H2,1H3,(H,19,21)/p+1. The lowest BCUT2D eigenvalue weighted by atomic mass is 9.97. The Labute approximate surface area is 147 Å². The van der Waals surface area contributed by atoms with E-state index in [0.29, 0.717) is 36.9 Å². The summed E-state index contributed by atoms with van der Waals surface area (Å²) in [4.78, 5) is 25.0. The van der Waals surface area contributed by atoms with E-state index in [9.17, 15) is 9.59 Å². The largest absolute Gasteiger partial charge is 0.490 e. The number of ether oxygens (including phenoxy) is 3. The number of methoxy groups -OCH3 is 1. The van der Waals surface area contributed by atoms with Gasteiger partial charge < -0.3 is 24.4 Å². The van der Waals surface area contributed by atoms with Crippen LogP contribution >= 0.6 is 0 Å². The van der Waals surface area contributed by atoms with Crippen LogP contribution < -0.4 is 19.7 Å². The highest BCUT2D eigenvalue weighted by atomic mass is 16.5. The molecule has 25 heavy (non-hydrogen) atoms. The number of nitrogens with one attached hydrogen (secondary N) is 2. The molecule has 0 radical (unpaired) electrons. The molecule has 1 aromatic rings. The van der Waals surface area contributed by atoms with E-state index in [1.807, 2.05) is 12.1 Å². The summed E-state index contributed by atoms with van der Waals surface area (Å²) in [5.41, 5.74) is 0.707. The maximum absolute atomic E-state index is 12.3. The van der Waals surface area contributed by atoms with Crippen molar-refractivity contribution in [2.75, 3.05) is 45.3 Å². The Balaban J connectivity index is 1.50. The predicted molar refractivity (Wildman–Crippen MR) is 91.0 cm³/mol. The van der Waals surface area contributed by atoms with Crippen LogP contribution in [0, 0.1) is 5.92 Å².